The fourth-order valence-electron chi connectivity index (χ4n) is 2.89. The first-order valence-corrected chi connectivity index (χ1v) is 7.39. The highest BCUT2D eigenvalue weighted by Crippen LogP contribution is 2.24. The molecular formula is C18H15FN4. The van der Waals surface area contributed by atoms with Gasteiger partial charge in [0.05, 0.1) is 11.2 Å². The van der Waals surface area contributed by atoms with Gasteiger partial charge in [-0.3, -0.25) is 4.40 Å². The molecule has 2 aromatic carbocycles. The minimum Gasteiger partial charge on any atom is -0.369 e. The molecule has 0 saturated carbocycles. The molecule has 0 amide bonds. The van der Waals surface area contributed by atoms with Gasteiger partial charge in [0.15, 0.2) is 0 Å². The number of aryl methyl sites for hydroxylation is 1. The van der Waals surface area contributed by atoms with Crippen LogP contribution in [-0.4, -0.2) is 14.4 Å². The second kappa shape index (κ2) is 5.05. The molecule has 114 valence electrons. The molecule has 2 heterocycles. The maximum Gasteiger partial charge on any atom is 0.206 e. The second-order valence-corrected chi connectivity index (χ2v) is 5.67. The lowest BCUT2D eigenvalue weighted by atomic mass is 10.1. The van der Waals surface area contributed by atoms with Crippen LogP contribution in [0.2, 0.25) is 0 Å². The van der Waals surface area contributed by atoms with Gasteiger partial charge < -0.3 is 5.73 Å². The summed E-state index contributed by atoms with van der Waals surface area (Å²) < 4.78 is 15.1. The Balaban J connectivity index is 1.89. The van der Waals surface area contributed by atoms with Gasteiger partial charge in [-0.25, -0.2) is 14.4 Å². The number of imidazole rings is 1. The number of aromatic nitrogens is 3. The molecule has 0 fully saturated rings. The van der Waals surface area contributed by atoms with E-state index in [1.807, 2.05) is 37.4 Å². The Bertz CT molecular complexity index is 1040. The van der Waals surface area contributed by atoms with E-state index >= 15 is 0 Å². The minimum absolute atomic E-state index is 0.242. The van der Waals surface area contributed by atoms with Crippen molar-refractivity contribution < 1.29 is 4.39 Å². The molecule has 0 aliphatic heterocycles. The Kier molecular flexibility index (Phi) is 3.01. The average molecular weight is 306 g/mol. The van der Waals surface area contributed by atoms with Crippen LogP contribution in [0.15, 0.2) is 48.7 Å². The van der Waals surface area contributed by atoms with Crippen LogP contribution >= 0.6 is 0 Å². The number of anilines is 1. The Hall–Kier alpha value is -2.95. The summed E-state index contributed by atoms with van der Waals surface area (Å²) in [4.78, 5) is 9.17. The van der Waals surface area contributed by atoms with Crippen molar-refractivity contribution in [3.05, 3.63) is 71.3 Å². The predicted molar refractivity (Wildman–Crippen MR) is 88.8 cm³/mol. The number of hydrogen-bond donors (Lipinski definition) is 1. The van der Waals surface area contributed by atoms with Gasteiger partial charge >= 0.3 is 0 Å². The van der Waals surface area contributed by atoms with Gasteiger partial charge in [0, 0.05) is 18.0 Å². The van der Waals surface area contributed by atoms with Crippen molar-refractivity contribution in [1.29, 1.82) is 0 Å². The molecule has 0 atom stereocenters. The lowest BCUT2D eigenvalue weighted by molar-refractivity contribution is 0.626. The van der Waals surface area contributed by atoms with Crippen LogP contribution < -0.4 is 5.73 Å². The summed E-state index contributed by atoms with van der Waals surface area (Å²) in [6.07, 6.45) is 2.41. The van der Waals surface area contributed by atoms with E-state index in [4.69, 9.17) is 5.73 Å². The Morgan fingerprint density at radius 3 is 2.78 bits per heavy atom. The van der Waals surface area contributed by atoms with Gasteiger partial charge in [-0.05, 0) is 36.2 Å². The van der Waals surface area contributed by atoms with Crippen molar-refractivity contribution in [3.8, 4) is 0 Å². The summed E-state index contributed by atoms with van der Waals surface area (Å²) in [5, 5.41) is 0.963. The number of halogens is 1. The van der Waals surface area contributed by atoms with Gasteiger partial charge in [-0.2, -0.15) is 0 Å². The van der Waals surface area contributed by atoms with Crippen molar-refractivity contribution >= 4 is 22.5 Å². The standard InChI is InChI=1S/C18H15FN4/c1-11-4-2-7-15-16(11)22-18(20)23-10-14(21-17(15)23)9-12-5-3-6-13(19)8-12/h2-8,10H,9H2,1H3,(H2,20,22). The first kappa shape index (κ1) is 13.7. The van der Waals surface area contributed by atoms with E-state index in [1.54, 1.807) is 10.5 Å². The maximum absolute atomic E-state index is 13.3. The summed E-state index contributed by atoms with van der Waals surface area (Å²) in [5.41, 5.74) is 10.5. The Labute approximate surface area is 132 Å². The van der Waals surface area contributed by atoms with Crippen molar-refractivity contribution in [2.24, 2.45) is 0 Å². The van der Waals surface area contributed by atoms with E-state index in [-0.39, 0.29) is 5.82 Å². The largest absolute Gasteiger partial charge is 0.369 e. The Morgan fingerprint density at radius 1 is 1.13 bits per heavy atom. The van der Waals surface area contributed by atoms with E-state index in [0.29, 0.717) is 12.4 Å². The number of para-hydroxylation sites is 1. The van der Waals surface area contributed by atoms with Crippen molar-refractivity contribution in [3.63, 3.8) is 0 Å². The molecule has 0 aliphatic rings. The number of benzene rings is 2. The molecule has 0 unspecified atom stereocenters. The van der Waals surface area contributed by atoms with Gasteiger partial charge in [-0.1, -0.05) is 24.3 Å². The fraction of sp³-hybridized carbons (Fsp3) is 0.111. The van der Waals surface area contributed by atoms with Gasteiger partial charge in [-0.15, -0.1) is 0 Å². The topological polar surface area (TPSA) is 56.2 Å². The molecule has 0 radical (unpaired) electrons. The van der Waals surface area contributed by atoms with Crippen LogP contribution in [0.25, 0.3) is 16.6 Å². The van der Waals surface area contributed by atoms with Gasteiger partial charge in [0.1, 0.15) is 11.5 Å². The van der Waals surface area contributed by atoms with E-state index in [9.17, 15) is 4.39 Å². The maximum atomic E-state index is 13.3. The molecule has 5 heteroatoms. The average Bonchev–Trinajstić information content (AvgIpc) is 2.93. The zero-order valence-corrected chi connectivity index (χ0v) is 12.6. The lowest BCUT2D eigenvalue weighted by Crippen LogP contribution is -2.01. The first-order valence-electron chi connectivity index (χ1n) is 7.39. The molecule has 2 aromatic heterocycles. The normalized spacial score (nSPS) is 11.4. The highest BCUT2D eigenvalue weighted by molar-refractivity contribution is 5.94. The monoisotopic (exact) mass is 306 g/mol. The lowest BCUT2D eigenvalue weighted by Gasteiger charge is -2.05. The van der Waals surface area contributed by atoms with Crippen LogP contribution in [0.1, 0.15) is 16.8 Å². The third-order valence-electron chi connectivity index (χ3n) is 3.98. The van der Waals surface area contributed by atoms with Crippen molar-refractivity contribution in [1.82, 2.24) is 14.4 Å². The Morgan fingerprint density at radius 2 is 1.96 bits per heavy atom. The minimum atomic E-state index is -0.242. The van der Waals surface area contributed by atoms with Crippen LogP contribution in [0.4, 0.5) is 10.3 Å². The summed E-state index contributed by atoms with van der Waals surface area (Å²) in [7, 11) is 0. The highest BCUT2D eigenvalue weighted by Gasteiger charge is 2.11. The molecule has 4 aromatic rings. The van der Waals surface area contributed by atoms with Crippen molar-refractivity contribution in [2.45, 2.75) is 13.3 Å². The number of rotatable bonds is 2. The first-order chi connectivity index (χ1) is 11.1. The molecule has 23 heavy (non-hydrogen) atoms. The smallest absolute Gasteiger partial charge is 0.206 e. The fourth-order valence-corrected chi connectivity index (χ4v) is 2.89. The molecule has 4 nitrogen and oxygen atoms in total. The van der Waals surface area contributed by atoms with E-state index < -0.39 is 0 Å². The number of nitrogens with zero attached hydrogens (tertiary/aromatic N) is 3. The van der Waals surface area contributed by atoms with Crippen LogP contribution in [0.3, 0.4) is 0 Å². The van der Waals surface area contributed by atoms with E-state index in [2.05, 4.69) is 9.97 Å². The number of fused-ring (bicyclic) bond motifs is 3. The second-order valence-electron chi connectivity index (χ2n) is 5.67. The SMILES string of the molecule is Cc1cccc2c1nc(N)n1cc(Cc3cccc(F)c3)nc21. The van der Waals surface area contributed by atoms with Gasteiger partial charge in [0.2, 0.25) is 5.95 Å². The quantitative estimate of drug-likeness (QED) is 0.616. The molecule has 0 aliphatic carbocycles. The summed E-state index contributed by atoms with van der Waals surface area (Å²) in [6, 6.07) is 12.5. The van der Waals surface area contributed by atoms with Crippen LogP contribution in [0.5, 0.6) is 0 Å². The van der Waals surface area contributed by atoms with Crippen LogP contribution in [-0.2, 0) is 6.42 Å². The van der Waals surface area contributed by atoms with E-state index in [1.165, 1.54) is 12.1 Å². The molecule has 4 rings (SSSR count). The highest BCUT2D eigenvalue weighted by atomic mass is 19.1. The molecular weight excluding hydrogens is 291 g/mol. The number of nitrogen functional groups attached to an aromatic ring is 1. The molecule has 2 N–H and O–H groups in total. The number of nitrogens with two attached hydrogens (primary N) is 1. The number of hydrogen-bond acceptors (Lipinski definition) is 3. The van der Waals surface area contributed by atoms with Crippen molar-refractivity contribution in [2.75, 3.05) is 5.73 Å². The summed E-state index contributed by atoms with van der Waals surface area (Å²) in [5.74, 6) is 0.160. The van der Waals surface area contributed by atoms with Gasteiger partial charge in [0.25, 0.3) is 0 Å². The zero-order valence-electron chi connectivity index (χ0n) is 12.6. The summed E-state index contributed by atoms with van der Waals surface area (Å²) in [6.45, 7) is 2.00. The molecule has 0 bridgehead atoms. The van der Waals surface area contributed by atoms with Crippen LogP contribution in [0, 0.1) is 12.7 Å². The van der Waals surface area contributed by atoms with E-state index in [0.717, 1.165) is 33.4 Å². The molecule has 0 spiro atoms. The predicted octanol–water partition coefficient (Wildman–Crippen LogP) is 3.50. The summed E-state index contributed by atoms with van der Waals surface area (Å²) >= 11 is 0. The molecule has 0 saturated heterocycles. The zero-order chi connectivity index (χ0) is 16.0. The third kappa shape index (κ3) is 2.30. The third-order valence-corrected chi connectivity index (χ3v) is 3.98.